The second-order valence-electron chi connectivity index (χ2n) is 9.56. The SMILES string of the molecule is N#CC1CCCN1C(=O)C(N)CN1C[C@@H]2CC1C(=O)N2[C@H]1CCc2cc(C(=N)N=NN)ccc21. The van der Waals surface area contributed by atoms with Crippen molar-refractivity contribution < 1.29 is 9.59 Å². The van der Waals surface area contributed by atoms with Crippen LogP contribution in [-0.4, -0.2) is 76.2 Å². The van der Waals surface area contributed by atoms with Crippen LogP contribution in [0.1, 0.15) is 48.4 Å². The number of carbonyl (C=O) groups excluding carboxylic acids is 2. The van der Waals surface area contributed by atoms with Crippen molar-refractivity contribution in [3.63, 3.8) is 0 Å². The van der Waals surface area contributed by atoms with Crippen LogP contribution in [0.4, 0.5) is 0 Å². The lowest BCUT2D eigenvalue weighted by Gasteiger charge is -2.38. The zero-order valence-electron chi connectivity index (χ0n) is 18.9. The third-order valence-electron chi connectivity index (χ3n) is 7.70. The Balaban J connectivity index is 1.25. The van der Waals surface area contributed by atoms with E-state index in [1.165, 1.54) is 0 Å². The Morgan fingerprint density at radius 2 is 2.15 bits per heavy atom. The maximum absolute atomic E-state index is 13.4. The Morgan fingerprint density at radius 1 is 1.32 bits per heavy atom. The Kier molecular flexibility index (Phi) is 5.79. The molecular weight excluding hydrogens is 434 g/mol. The first-order valence-corrected chi connectivity index (χ1v) is 11.8. The highest BCUT2D eigenvalue weighted by Crippen LogP contribution is 2.44. The molecule has 4 aliphatic rings. The number of piperazine rings is 1. The number of nitriles is 1. The monoisotopic (exact) mass is 463 g/mol. The van der Waals surface area contributed by atoms with Gasteiger partial charge in [0, 0.05) is 31.2 Å². The number of benzene rings is 1. The van der Waals surface area contributed by atoms with E-state index in [9.17, 15) is 14.9 Å². The molecule has 0 aromatic heterocycles. The average Bonchev–Trinajstić information content (AvgIpc) is 3.61. The van der Waals surface area contributed by atoms with Crippen LogP contribution in [0.2, 0.25) is 0 Å². The summed E-state index contributed by atoms with van der Waals surface area (Å²) in [7, 11) is 0. The normalized spacial score (nSPS) is 29.1. The molecular formula is C23H29N9O2. The molecule has 2 bridgehead atoms. The average molecular weight is 464 g/mol. The summed E-state index contributed by atoms with van der Waals surface area (Å²) in [6, 6.07) is 6.68. The number of nitrogens with one attached hydrogen (secondary N) is 1. The standard InChI is InChI=1S/C23H29N9O2/c24-10-15-2-1-7-31(15)22(33)18(25)12-30-11-16-9-20(30)23(34)32(16)19-6-4-13-8-14(3-5-17(13)19)21(26)28-29-27/h3,5,8,15-16,18-20H,1-2,4,6-7,9,11-12,25H2,(H3,26,27,28)/t15?,16-,18?,19-,20?/m0/s1. The molecule has 0 radical (unpaired) electrons. The lowest BCUT2D eigenvalue weighted by atomic mass is 10.0. The third kappa shape index (κ3) is 3.63. The molecule has 0 spiro atoms. The maximum Gasteiger partial charge on any atom is 0.241 e. The van der Waals surface area contributed by atoms with Gasteiger partial charge in [0.1, 0.15) is 6.04 Å². The summed E-state index contributed by atoms with van der Waals surface area (Å²) >= 11 is 0. The molecule has 178 valence electrons. The molecule has 1 aromatic rings. The summed E-state index contributed by atoms with van der Waals surface area (Å²) < 4.78 is 0. The highest BCUT2D eigenvalue weighted by molar-refractivity contribution is 5.97. The summed E-state index contributed by atoms with van der Waals surface area (Å²) in [5.74, 6) is 4.98. The van der Waals surface area contributed by atoms with Gasteiger partial charge in [-0.05, 0) is 49.3 Å². The van der Waals surface area contributed by atoms with Gasteiger partial charge in [-0.2, -0.15) is 5.26 Å². The number of rotatable bonds is 5. The maximum atomic E-state index is 13.4. The molecule has 3 unspecified atom stereocenters. The van der Waals surface area contributed by atoms with E-state index < -0.39 is 12.1 Å². The minimum atomic E-state index is -0.735. The van der Waals surface area contributed by atoms with Gasteiger partial charge in [0.2, 0.25) is 11.8 Å². The van der Waals surface area contributed by atoms with Gasteiger partial charge in [-0.1, -0.05) is 17.4 Å². The van der Waals surface area contributed by atoms with Crippen LogP contribution in [0, 0.1) is 16.7 Å². The lowest BCUT2D eigenvalue weighted by Crippen LogP contribution is -2.56. The fourth-order valence-corrected chi connectivity index (χ4v) is 6.15. The van der Waals surface area contributed by atoms with Crippen LogP contribution in [0.3, 0.4) is 0 Å². The molecule has 0 saturated carbocycles. The molecule has 3 saturated heterocycles. The van der Waals surface area contributed by atoms with Crippen molar-refractivity contribution in [1.29, 1.82) is 10.7 Å². The van der Waals surface area contributed by atoms with E-state index in [1.807, 2.05) is 28.0 Å². The second kappa shape index (κ2) is 8.77. The number of aryl methyl sites for hydroxylation is 1. The van der Waals surface area contributed by atoms with E-state index in [0.29, 0.717) is 31.6 Å². The van der Waals surface area contributed by atoms with Crippen molar-refractivity contribution in [2.45, 2.75) is 62.3 Å². The molecule has 11 nitrogen and oxygen atoms in total. The molecule has 2 amide bonds. The fourth-order valence-electron chi connectivity index (χ4n) is 6.15. The number of amides is 2. The Bertz CT molecular complexity index is 1100. The van der Waals surface area contributed by atoms with E-state index in [2.05, 4.69) is 16.4 Å². The van der Waals surface area contributed by atoms with Gasteiger partial charge in [-0.25, -0.2) is 0 Å². The second-order valence-corrected chi connectivity index (χ2v) is 9.56. The van der Waals surface area contributed by atoms with Crippen molar-refractivity contribution in [2.75, 3.05) is 19.6 Å². The van der Waals surface area contributed by atoms with Crippen LogP contribution < -0.4 is 11.6 Å². The van der Waals surface area contributed by atoms with Crippen molar-refractivity contribution in [1.82, 2.24) is 14.7 Å². The van der Waals surface area contributed by atoms with E-state index >= 15 is 0 Å². The number of carbonyl (C=O) groups is 2. The minimum Gasteiger partial charge on any atom is -0.330 e. The Morgan fingerprint density at radius 3 is 2.88 bits per heavy atom. The molecule has 5 rings (SSSR count). The predicted molar refractivity (Wildman–Crippen MR) is 122 cm³/mol. The zero-order valence-corrected chi connectivity index (χ0v) is 18.9. The summed E-state index contributed by atoms with van der Waals surface area (Å²) in [5.41, 5.74) is 9.15. The number of fused-ring (bicyclic) bond motifs is 3. The molecule has 1 aromatic carbocycles. The summed E-state index contributed by atoms with van der Waals surface area (Å²) in [6.07, 6.45) is 3.94. The van der Waals surface area contributed by atoms with Gasteiger partial charge < -0.3 is 21.4 Å². The van der Waals surface area contributed by atoms with E-state index in [4.69, 9.17) is 17.0 Å². The van der Waals surface area contributed by atoms with Crippen molar-refractivity contribution in [2.24, 2.45) is 21.9 Å². The molecule has 11 heteroatoms. The van der Waals surface area contributed by atoms with Gasteiger partial charge in [0.15, 0.2) is 5.84 Å². The van der Waals surface area contributed by atoms with E-state index in [0.717, 1.165) is 36.8 Å². The summed E-state index contributed by atoms with van der Waals surface area (Å²) in [6.45, 7) is 1.60. The third-order valence-corrected chi connectivity index (χ3v) is 7.70. The first-order chi connectivity index (χ1) is 16.4. The number of nitrogens with zero attached hydrogens (tertiary/aromatic N) is 6. The number of nitrogens with two attached hydrogens (primary N) is 2. The van der Waals surface area contributed by atoms with Crippen LogP contribution in [0.15, 0.2) is 28.5 Å². The van der Waals surface area contributed by atoms with Gasteiger partial charge in [0.25, 0.3) is 0 Å². The van der Waals surface area contributed by atoms with Crippen molar-refractivity contribution in [3.8, 4) is 6.07 Å². The number of hydrogen-bond acceptors (Lipinski definition) is 7. The van der Waals surface area contributed by atoms with Gasteiger partial charge in [0.05, 0.1) is 24.2 Å². The number of likely N-dealkylation sites (tertiary alicyclic amines) is 3. The van der Waals surface area contributed by atoms with Crippen LogP contribution in [0.5, 0.6) is 0 Å². The molecule has 5 N–H and O–H groups in total. The van der Waals surface area contributed by atoms with Crippen LogP contribution >= 0.6 is 0 Å². The van der Waals surface area contributed by atoms with E-state index in [1.54, 1.807) is 4.90 Å². The number of amidine groups is 1. The molecule has 3 aliphatic heterocycles. The molecule has 1 aliphatic carbocycles. The Labute approximate surface area is 197 Å². The largest absolute Gasteiger partial charge is 0.330 e. The summed E-state index contributed by atoms with van der Waals surface area (Å²) in [4.78, 5) is 31.8. The van der Waals surface area contributed by atoms with Crippen molar-refractivity contribution in [3.05, 3.63) is 34.9 Å². The number of hydrogen-bond donors (Lipinski definition) is 3. The lowest BCUT2D eigenvalue weighted by molar-refractivity contribution is -0.141. The first-order valence-electron chi connectivity index (χ1n) is 11.8. The molecule has 3 fully saturated rings. The zero-order chi connectivity index (χ0) is 24.0. The predicted octanol–water partition coefficient (Wildman–Crippen LogP) is 0.452. The minimum absolute atomic E-state index is 0.0154. The molecule has 3 heterocycles. The van der Waals surface area contributed by atoms with Gasteiger partial charge in [-0.3, -0.25) is 19.9 Å². The Hall–Kier alpha value is -3.36. The van der Waals surface area contributed by atoms with Crippen LogP contribution in [0.25, 0.3) is 0 Å². The molecule has 34 heavy (non-hydrogen) atoms. The highest BCUT2D eigenvalue weighted by atomic mass is 16.2. The van der Waals surface area contributed by atoms with Crippen molar-refractivity contribution >= 4 is 17.6 Å². The van der Waals surface area contributed by atoms with E-state index in [-0.39, 0.29) is 35.8 Å². The first kappa shape index (κ1) is 22.4. The quantitative estimate of drug-likeness (QED) is 0.188. The van der Waals surface area contributed by atoms with Crippen LogP contribution in [-0.2, 0) is 16.0 Å². The fraction of sp³-hybridized carbons (Fsp3) is 0.565. The van der Waals surface area contributed by atoms with Gasteiger partial charge in [-0.15, -0.1) is 5.11 Å². The summed E-state index contributed by atoms with van der Waals surface area (Å²) in [5, 5.41) is 24.0. The molecule has 5 atom stereocenters. The van der Waals surface area contributed by atoms with Gasteiger partial charge >= 0.3 is 0 Å². The highest BCUT2D eigenvalue weighted by Gasteiger charge is 2.53. The topological polar surface area (TPSA) is 168 Å². The smallest absolute Gasteiger partial charge is 0.241 e.